The molecule has 0 aromatic carbocycles. The van der Waals surface area contributed by atoms with Crippen LogP contribution in [0.1, 0.15) is 29.7 Å². The third kappa shape index (κ3) is 3.79. The number of thiophene rings is 1. The molecule has 132 valence electrons. The van der Waals surface area contributed by atoms with Crippen LogP contribution in [0.15, 0.2) is 15.7 Å². The number of hydrogen-bond donors (Lipinski definition) is 1. The maximum atomic E-state index is 5.04. The molecule has 0 amide bonds. The third-order valence-corrected chi connectivity index (χ3v) is 7.27. The molecule has 0 bridgehead atoms. The molecule has 0 spiro atoms. The Bertz CT molecular complexity index is 863. The number of nitrogens with zero attached hydrogens (tertiary/aromatic N) is 4. The topological polar surface area (TPSA) is 72.8 Å². The number of aromatic nitrogens is 4. The second kappa shape index (κ2) is 7.94. The van der Waals surface area contributed by atoms with Crippen LogP contribution in [0.25, 0.3) is 10.2 Å². The zero-order valence-corrected chi connectivity index (χ0v) is 16.4. The second-order valence-electron chi connectivity index (χ2n) is 5.82. The van der Waals surface area contributed by atoms with Crippen LogP contribution in [-0.2, 0) is 17.6 Å². The highest BCUT2D eigenvalue weighted by Crippen LogP contribution is 2.41. The van der Waals surface area contributed by atoms with Gasteiger partial charge >= 0.3 is 0 Å². The van der Waals surface area contributed by atoms with E-state index < -0.39 is 0 Å². The van der Waals surface area contributed by atoms with Gasteiger partial charge in [-0.1, -0.05) is 17.8 Å². The van der Waals surface area contributed by atoms with Crippen molar-refractivity contribution in [2.45, 2.75) is 41.5 Å². The van der Waals surface area contributed by atoms with Gasteiger partial charge in [0.25, 0.3) is 0 Å². The Labute approximate surface area is 158 Å². The maximum absolute atomic E-state index is 5.04. The van der Waals surface area contributed by atoms with Crippen molar-refractivity contribution in [3.63, 3.8) is 0 Å². The van der Waals surface area contributed by atoms with Crippen molar-refractivity contribution in [3.8, 4) is 0 Å². The van der Waals surface area contributed by atoms with Gasteiger partial charge in [0, 0.05) is 23.9 Å². The summed E-state index contributed by atoms with van der Waals surface area (Å²) >= 11 is 4.97. The lowest BCUT2D eigenvalue weighted by atomic mass is 10.1. The number of hydrogen-bond acceptors (Lipinski definition) is 9. The van der Waals surface area contributed by atoms with Crippen molar-refractivity contribution in [1.29, 1.82) is 0 Å². The molecule has 3 aromatic rings. The summed E-state index contributed by atoms with van der Waals surface area (Å²) in [6.07, 6.45) is 7.82. The minimum absolute atomic E-state index is 0.648. The maximum Gasteiger partial charge on any atom is 0.206 e. The summed E-state index contributed by atoms with van der Waals surface area (Å²) in [4.78, 5) is 11.7. The first-order valence-corrected chi connectivity index (χ1v) is 10.8. The third-order valence-electron chi connectivity index (χ3n) is 4.14. The smallest absolute Gasteiger partial charge is 0.206 e. The Hall–Kier alpha value is -1.29. The first kappa shape index (κ1) is 17.1. The van der Waals surface area contributed by atoms with Crippen molar-refractivity contribution in [2.75, 3.05) is 25.6 Å². The summed E-state index contributed by atoms with van der Waals surface area (Å²) in [5.41, 5.74) is 1.46. The predicted molar refractivity (Wildman–Crippen MR) is 103 cm³/mol. The van der Waals surface area contributed by atoms with Gasteiger partial charge < -0.3 is 10.1 Å². The number of nitrogens with one attached hydrogen (secondary N) is 1. The largest absolute Gasteiger partial charge is 0.383 e. The number of aryl methyl sites for hydroxylation is 2. The molecule has 0 saturated heterocycles. The van der Waals surface area contributed by atoms with Gasteiger partial charge in [0.1, 0.15) is 16.2 Å². The molecule has 1 aliphatic carbocycles. The average Bonchev–Trinajstić information content (AvgIpc) is 3.13. The van der Waals surface area contributed by atoms with Gasteiger partial charge in [-0.15, -0.1) is 21.5 Å². The van der Waals surface area contributed by atoms with E-state index in [0.29, 0.717) is 6.61 Å². The number of ether oxygens (including phenoxy) is 1. The van der Waals surface area contributed by atoms with E-state index in [1.54, 1.807) is 36.5 Å². The lowest BCUT2D eigenvalue weighted by molar-refractivity contribution is 0.211. The van der Waals surface area contributed by atoms with Gasteiger partial charge in [0.2, 0.25) is 5.13 Å². The summed E-state index contributed by atoms with van der Waals surface area (Å²) in [5, 5.41) is 14.7. The lowest BCUT2D eigenvalue weighted by Gasteiger charge is -2.02. The number of methoxy groups -OCH3 is 1. The highest BCUT2D eigenvalue weighted by molar-refractivity contribution is 8.01. The molecule has 0 radical (unpaired) electrons. The summed E-state index contributed by atoms with van der Waals surface area (Å²) in [7, 11) is 1.69. The van der Waals surface area contributed by atoms with Crippen LogP contribution >= 0.6 is 34.4 Å². The van der Waals surface area contributed by atoms with Gasteiger partial charge in [0.05, 0.1) is 6.61 Å². The molecule has 0 unspecified atom stereocenters. The highest BCUT2D eigenvalue weighted by Gasteiger charge is 2.20. The van der Waals surface area contributed by atoms with Crippen LogP contribution in [0.4, 0.5) is 5.13 Å². The molecule has 0 atom stereocenters. The SMILES string of the molecule is COCCNc1nnc(Sc2ncnc3sc4c(c23)CCCCC4)s1. The van der Waals surface area contributed by atoms with Crippen LogP contribution in [-0.4, -0.2) is 40.4 Å². The molecule has 4 rings (SSSR count). The van der Waals surface area contributed by atoms with Crippen LogP contribution in [0.3, 0.4) is 0 Å². The molecular formula is C16H19N5OS3. The molecule has 1 aliphatic rings. The normalized spacial score (nSPS) is 14.4. The molecule has 9 heteroatoms. The predicted octanol–water partition coefficient (Wildman–Crippen LogP) is 4.02. The molecule has 3 aromatic heterocycles. The standard InChI is InChI=1S/C16H19N5OS3/c1-22-8-7-17-15-20-21-16(25-15)24-14-12-10-5-3-2-4-6-11(10)23-13(12)18-9-19-14/h9H,2-8H2,1H3,(H,17,20). The van der Waals surface area contributed by atoms with E-state index in [2.05, 4.69) is 25.5 Å². The van der Waals surface area contributed by atoms with E-state index in [1.807, 2.05) is 11.3 Å². The number of rotatable bonds is 6. The molecule has 0 aliphatic heterocycles. The van der Waals surface area contributed by atoms with Gasteiger partial charge in [-0.25, -0.2) is 9.97 Å². The minimum atomic E-state index is 0.648. The van der Waals surface area contributed by atoms with Gasteiger partial charge in [-0.2, -0.15) is 0 Å². The summed E-state index contributed by atoms with van der Waals surface area (Å²) < 4.78 is 5.94. The van der Waals surface area contributed by atoms with Crippen LogP contribution in [0.2, 0.25) is 0 Å². The van der Waals surface area contributed by atoms with E-state index in [-0.39, 0.29) is 0 Å². The van der Waals surface area contributed by atoms with Crippen molar-refractivity contribution in [1.82, 2.24) is 20.2 Å². The Morgan fingerprint density at radius 1 is 1.16 bits per heavy atom. The van der Waals surface area contributed by atoms with E-state index in [1.165, 1.54) is 41.5 Å². The fourth-order valence-corrected chi connectivity index (χ4v) is 6.09. The Morgan fingerprint density at radius 3 is 3.00 bits per heavy atom. The molecule has 0 fully saturated rings. The van der Waals surface area contributed by atoms with E-state index in [4.69, 9.17) is 4.74 Å². The van der Waals surface area contributed by atoms with Crippen molar-refractivity contribution < 1.29 is 4.74 Å². The Kier molecular flexibility index (Phi) is 5.45. The molecule has 0 saturated carbocycles. The monoisotopic (exact) mass is 393 g/mol. The Balaban J connectivity index is 1.60. The zero-order valence-electron chi connectivity index (χ0n) is 13.9. The van der Waals surface area contributed by atoms with Gasteiger partial charge in [-0.3, -0.25) is 0 Å². The molecule has 3 heterocycles. The van der Waals surface area contributed by atoms with Crippen LogP contribution in [0.5, 0.6) is 0 Å². The van der Waals surface area contributed by atoms with E-state index in [0.717, 1.165) is 32.3 Å². The summed E-state index contributed by atoms with van der Waals surface area (Å²) in [6, 6.07) is 0. The zero-order chi connectivity index (χ0) is 17.1. The van der Waals surface area contributed by atoms with E-state index >= 15 is 0 Å². The van der Waals surface area contributed by atoms with Crippen molar-refractivity contribution >= 4 is 49.8 Å². The van der Waals surface area contributed by atoms with Gasteiger partial charge in [0.15, 0.2) is 4.34 Å². The van der Waals surface area contributed by atoms with Crippen LogP contribution in [0, 0.1) is 0 Å². The molecule has 1 N–H and O–H groups in total. The lowest BCUT2D eigenvalue weighted by Crippen LogP contribution is -2.06. The molecular weight excluding hydrogens is 374 g/mol. The second-order valence-corrected chi connectivity index (χ2v) is 9.12. The van der Waals surface area contributed by atoms with E-state index in [9.17, 15) is 0 Å². The summed E-state index contributed by atoms with van der Waals surface area (Å²) in [6.45, 7) is 1.38. The Morgan fingerprint density at radius 2 is 2.08 bits per heavy atom. The molecule has 6 nitrogen and oxygen atoms in total. The fraction of sp³-hybridized carbons (Fsp3) is 0.500. The first-order valence-electron chi connectivity index (χ1n) is 8.34. The minimum Gasteiger partial charge on any atom is -0.383 e. The average molecular weight is 394 g/mol. The summed E-state index contributed by atoms with van der Waals surface area (Å²) in [5.74, 6) is 0. The van der Waals surface area contributed by atoms with Crippen LogP contribution < -0.4 is 5.32 Å². The van der Waals surface area contributed by atoms with Crippen molar-refractivity contribution in [2.24, 2.45) is 0 Å². The highest BCUT2D eigenvalue weighted by atomic mass is 32.2. The van der Waals surface area contributed by atoms with Crippen molar-refractivity contribution in [3.05, 3.63) is 16.8 Å². The first-order chi connectivity index (χ1) is 12.3. The quantitative estimate of drug-likeness (QED) is 0.385. The van der Waals surface area contributed by atoms with Gasteiger partial charge in [-0.05, 0) is 43.0 Å². The number of fused-ring (bicyclic) bond motifs is 3. The fourth-order valence-electron chi connectivity index (χ4n) is 2.98. The molecule has 25 heavy (non-hydrogen) atoms. The number of anilines is 1.